The van der Waals surface area contributed by atoms with E-state index in [9.17, 15) is 0 Å². The smallest absolute Gasteiger partial charge is 0.0302 e. The van der Waals surface area contributed by atoms with E-state index in [1.807, 2.05) is 0 Å². The average Bonchev–Trinajstić information content (AvgIpc) is 2.92. The molecule has 2 aliphatic carbocycles. The third kappa shape index (κ3) is 7.07. The quantitative estimate of drug-likeness (QED) is 0.295. The Balaban J connectivity index is 1.60. The second kappa shape index (κ2) is 13.8. The van der Waals surface area contributed by atoms with E-state index in [0.717, 1.165) is 13.1 Å². The summed E-state index contributed by atoms with van der Waals surface area (Å²) in [7, 11) is 0. The van der Waals surface area contributed by atoms with Crippen molar-refractivity contribution in [3.8, 4) is 0 Å². The van der Waals surface area contributed by atoms with Gasteiger partial charge in [-0.05, 0) is 99.3 Å². The molecule has 0 saturated heterocycles. The molecule has 0 spiro atoms. The zero-order valence-electron chi connectivity index (χ0n) is 24.8. The number of nitrogens with one attached hydrogen (secondary N) is 2. The third-order valence-electron chi connectivity index (χ3n) is 9.60. The van der Waals surface area contributed by atoms with Crippen LogP contribution in [-0.2, 0) is 0 Å². The number of hydrogen-bond acceptors (Lipinski definition) is 2. The van der Waals surface area contributed by atoms with Crippen molar-refractivity contribution in [2.75, 3.05) is 13.1 Å². The van der Waals surface area contributed by atoms with Crippen molar-refractivity contribution in [2.45, 2.75) is 91.1 Å². The zero-order chi connectivity index (χ0) is 27.1. The van der Waals surface area contributed by atoms with Crippen molar-refractivity contribution < 1.29 is 0 Å². The average molecular weight is 513 g/mol. The first kappa shape index (κ1) is 28.8. The minimum absolute atomic E-state index is 0.437. The maximum Gasteiger partial charge on any atom is 0.0302 e. The van der Waals surface area contributed by atoms with Crippen molar-refractivity contribution in [1.82, 2.24) is 10.6 Å². The molecule has 2 nitrogen and oxygen atoms in total. The molecule has 8 atom stereocenters. The molecule has 2 aromatic rings. The van der Waals surface area contributed by atoms with Gasteiger partial charge in [-0.25, -0.2) is 0 Å². The molecule has 2 N–H and O–H groups in total. The van der Waals surface area contributed by atoms with Crippen LogP contribution in [0.25, 0.3) is 0 Å². The summed E-state index contributed by atoms with van der Waals surface area (Å²) in [5, 5.41) is 8.04. The Morgan fingerprint density at radius 3 is 1.34 bits per heavy atom. The number of rotatable bonds is 11. The van der Waals surface area contributed by atoms with E-state index in [4.69, 9.17) is 0 Å². The molecule has 0 radical (unpaired) electrons. The van der Waals surface area contributed by atoms with Crippen LogP contribution in [0.3, 0.4) is 0 Å². The normalized spacial score (nSPS) is 27.1. The summed E-state index contributed by atoms with van der Waals surface area (Å²) in [6.07, 6.45) is 9.91. The Morgan fingerprint density at radius 2 is 1.00 bits per heavy atom. The molecule has 2 aliphatic rings. The van der Waals surface area contributed by atoms with Crippen LogP contribution in [-0.4, -0.2) is 25.2 Å². The van der Waals surface area contributed by atoms with Gasteiger partial charge >= 0.3 is 0 Å². The summed E-state index contributed by atoms with van der Waals surface area (Å²) >= 11 is 0. The van der Waals surface area contributed by atoms with Crippen LogP contribution in [0.1, 0.15) is 90.2 Å². The second-order valence-corrected chi connectivity index (χ2v) is 12.6. The van der Waals surface area contributed by atoms with Crippen molar-refractivity contribution >= 4 is 0 Å². The summed E-state index contributed by atoms with van der Waals surface area (Å²) in [5.74, 6) is 3.27. The Kier molecular flexibility index (Phi) is 10.4. The van der Waals surface area contributed by atoms with Gasteiger partial charge < -0.3 is 10.6 Å². The number of allylic oxidation sites excluding steroid dienone is 2. The van der Waals surface area contributed by atoms with E-state index in [1.54, 1.807) is 0 Å². The van der Waals surface area contributed by atoms with Crippen LogP contribution in [0.4, 0.5) is 0 Å². The minimum atomic E-state index is 0.437. The minimum Gasteiger partial charge on any atom is -0.310 e. The van der Waals surface area contributed by atoms with Gasteiger partial charge in [0, 0.05) is 12.1 Å². The predicted octanol–water partition coefficient (Wildman–Crippen LogP) is 8.50. The molecule has 0 heterocycles. The van der Waals surface area contributed by atoms with Crippen LogP contribution in [0.5, 0.6) is 0 Å². The van der Waals surface area contributed by atoms with Gasteiger partial charge in [0.1, 0.15) is 0 Å². The summed E-state index contributed by atoms with van der Waals surface area (Å²) in [6.45, 7) is 16.5. The van der Waals surface area contributed by atoms with E-state index >= 15 is 0 Å². The van der Waals surface area contributed by atoms with Crippen molar-refractivity contribution in [3.05, 3.63) is 95.1 Å². The lowest BCUT2D eigenvalue weighted by atomic mass is 9.69. The van der Waals surface area contributed by atoms with Gasteiger partial charge in [-0.2, -0.15) is 0 Å². The molecule has 0 amide bonds. The van der Waals surface area contributed by atoms with Gasteiger partial charge in [0.25, 0.3) is 0 Å². The lowest BCUT2D eigenvalue weighted by Gasteiger charge is -2.39. The molecule has 206 valence electrons. The summed E-state index contributed by atoms with van der Waals surface area (Å²) < 4.78 is 0. The lowest BCUT2D eigenvalue weighted by molar-refractivity contribution is 0.272. The van der Waals surface area contributed by atoms with Gasteiger partial charge in [0.2, 0.25) is 0 Å². The molecule has 0 fully saturated rings. The molecule has 0 aromatic heterocycles. The number of hydrogen-bond donors (Lipinski definition) is 2. The lowest BCUT2D eigenvalue weighted by Crippen LogP contribution is -2.43. The van der Waals surface area contributed by atoms with Gasteiger partial charge in [-0.15, -0.1) is 0 Å². The largest absolute Gasteiger partial charge is 0.310 e. The first-order valence-corrected chi connectivity index (χ1v) is 15.3. The molecule has 4 unspecified atom stereocenters. The van der Waals surface area contributed by atoms with Crippen molar-refractivity contribution in [2.24, 2.45) is 23.7 Å². The fourth-order valence-electron chi connectivity index (χ4n) is 7.37. The Hall–Kier alpha value is -2.16. The first-order chi connectivity index (χ1) is 18.4. The Bertz CT molecular complexity index is 954. The third-order valence-corrected chi connectivity index (χ3v) is 9.60. The fraction of sp³-hybridized carbons (Fsp3) is 0.556. The highest BCUT2D eigenvalue weighted by Crippen LogP contribution is 2.43. The van der Waals surface area contributed by atoms with Crippen molar-refractivity contribution in [1.29, 1.82) is 0 Å². The summed E-state index contributed by atoms with van der Waals surface area (Å²) in [4.78, 5) is 0. The van der Waals surface area contributed by atoms with Gasteiger partial charge in [-0.3, -0.25) is 0 Å². The zero-order valence-corrected chi connectivity index (χ0v) is 24.8. The highest BCUT2D eigenvalue weighted by Gasteiger charge is 2.35. The van der Waals surface area contributed by atoms with Crippen LogP contribution < -0.4 is 10.6 Å². The van der Waals surface area contributed by atoms with E-state index in [1.165, 1.54) is 48.0 Å². The highest BCUT2D eigenvalue weighted by molar-refractivity contribution is 5.30. The molecular formula is C36H52N2. The topological polar surface area (TPSA) is 24.1 Å². The van der Waals surface area contributed by atoms with Gasteiger partial charge in [-0.1, -0.05) is 112 Å². The van der Waals surface area contributed by atoms with E-state index in [-0.39, 0.29) is 0 Å². The standard InChI is InChI=1S/C36H52N2/c1-25-15-13-16-26(2)35(25)37-23-29(5)33(31-19-9-7-10-20-31)34(32-21-11-8-12-22-32)30(6)24-38-36-27(3)17-14-18-28(36)4/h7-12,15,17,19-22,26,28-30,33-38H,13-14,16,18,23-24H2,1-6H3/t26?,28?,29-,30?,33-,34?,35+,36-/m1/s1. The van der Waals surface area contributed by atoms with Crippen LogP contribution in [0.2, 0.25) is 0 Å². The van der Waals surface area contributed by atoms with E-state index in [0.29, 0.717) is 47.6 Å². The molecule has 38 heavy (non-hydrogen) atoms. The maximum atomic E-state index is 4.02. The molecule has 0 saturated carbocycles. The van der Waals surface area contributed by atoms with Gasteiger partial charge in [0.15, 0.2) is 0 Å². The summed E-state index contributed by atoms with van der Waals surface area (Å²) in [5.41, 5.74) is 5.98. The first-order valence-electron chi connectivity index (χ1n) is 15.3. The van der Waals surface area contributed by atoms with E-state index < -0.39 is 0 Å². The molecule has 2 heteroatoms. The predicted molar refractivity (Wildman–Crippen MR) is 165 cm³/mol. The number of benzene rings is 2. The van der Waals surface area contributed by atoms with Crippen LogP contribution in [0, 0.1) is 23.7 Å². The molecular weight excluding hydrogens is 460 g/mol. The maximum absolute atomic E-state index is 4.02. The monoisotopic (exact) mass is 512 g/mol. The summed E-state index contributed by atoms with van der Waals surface area (Å²) in [6, 6.07) is 23.7. The SMILES string of the molecule is CC1=CCCC(C)[C@@H]1NCC(C)C(c1ccccc1)[C@@H](c1ccccc1)[C@H](C)CN[C@H]1C(C)=CCCC1C. The van der Waals surface area contributed by atoms with E-state index in [2.05, 4.69) is 125 Å². The Morgan fingerprint density at radius 1 is 0.632 bits per heavy atom. The highest BCUT2D eigenvalue weighted by atomic mass is 14.9. The van der Waals surface area contributed by atoms with Crippen LogP contribution in [0.15, 0.2) is 84.0 Å². The molecule has 4 rings (SSSR count). The van der Waals surface area contributed by atoms with Crippen LogP contribution >= 0.6 is 0 Å². The molecule has 0 aliphatic heterocycles. The fourth-order valence-corrected chi connectivity index (χ4v) is 7.37. The second-order valence-electron chi connectivity index (χ2n) is 12.6. The molecule has 2 aromatic carbocycles. The van der Waals surface area contributed by atoms with Gasteiger partial charge in [0.05, 0.1) is 0 Å². The Labute approximate surface area is 233 Å². The molecule has 0 bridgehead atoms. The van der Waals surface area contributed by atoms with Crippen molar-refractivity contribution in [3.63, 3.8) is 0 Å².